The van der Waals surface area contributed by atoms with Crippen molar-refractivity contribution in [2.45, 2.75) is 6.10 Å². The van der Waals surface area contributed by atoms with Crippen LogP contribution in [0.4, 0.5) is 0 Å². The Morgan fingerprint density at radius 1 is 1.47 bits per heavy atom. The summed E-state index contributed by atoms with van der Waals surface area (Å²) < 4.78 is 5.54. The minimum Gasteiger partial charge on any atom is -0.482 e. The van der Waals surface area contributed by atoms with Crippen molar-refractivity contribution in [2.24, 2.45) is 0 Å². The van der Waals surface area contributed by atoms with Crippen LogP contribution in [-0.4, -0.2) is 17.2 Å². The maximum absolute atomic E-state index is 10.7. The average molecular weight is 227 g/mol. The molecule has 1 aliphatic rings. The minimum atomic E-state index is -1.25. The Morgan fingerprint density at radius 3 is 2.94 bits per heavy atom. The van der Waals surface area contributed by atoms with E-state index in [9.17, 15) is 4.79 Å². The van der Waals surface area contributed by atoms with Crippen molar-refractivity contribution < 1.29 is 14.6 Å². The highest BCUT2D eigenvalue weighted by Crippen LogP contribution is 2.25. The molecule has 2 rings (SSSR count). The standard InChI is InChI=1S/C13H9NO3/c14-8-10(13(15)16)7-11-6-5-9-3-1-2-4-12(9)17-11/h1-7,11H,(H,15,16). The largest absolute Gasteiger partial charge is 0.482 e. The highest BCUT2D eigenvalue weighted by Gasteiger charge is 2.15. The molecule has 1 heterocycles. The van der Waals surface area contributed by atoms with Crippen molar-refractivity contribution in [1.82, 2.24) is 0 Å². The number of carboxylic acid groups (broad SMARTS) is 1. The van der Waals surface area contributed by atoms with Gasteiger partial charge in [0.05, 0.1) is 0 Å². The van der Waals surface area contributed by atoms with Crippen molar-refractivity contribution in [3.05, 3.63) is 47.6 Å². The van der Waals surface area contributed by atoms with E-state index in [0.717, 1.165) is 5.56 Å². The van der Waals surface area contributed by atoms with E-state index in [1.54, 1.807) is 18.2 Å². The SMILES string of the molecule is N#CC(=CC1C=Cc2ccccc2O1)C(=O)O. The molecular weight excluding hydrogens is 218 g/mol. The monoisotopic (exact) mass is 227 g/mol. The van der Waals surface area contributed by atoms with Gasteiger partial charge in [0, 0.05) is 5.56 Å². The quantitative estimate of drug-likeness (QED) is 0.619. The van der Waals surface area contributed by atoms with Crippen molar-refractivity contribution in [1.29, 1.82) is 5.26 Å². The lowest BCUT2D eigenvalue weighted by molar-refractivity contribution is -0.132. The number of ether oxygens (including phenoxy) is 1. The van der Waals surface area contributed by atoms with Crippen LogP contribution in [0.5, 0.6) is 5.75 Å². The van der Waals surface area contributed by atoms with Crippen LogP contribution in [0.1, 0.15) is 5.56 Å². The van der Waals surface area contributed by atoms with Gasteiger partial charge in [-0.1, -0.05) is 24.3 Å². The van der Waals surface area contributed by atoms with Gasteiger partial charge in [-0.2, -0.15) is 5.26 Å². The summed E-state index contributed by atoms with van der Waals surface area (Å²) in [5, 5.41) is 17.4. The molecule has 84 valence electrons. The van der Waals surface area contributed by atoms with Crippen LogP contribution in [0.15, 0.2) is 42.0 Å². The van der Waals surface area contributed by atoms with Gasteiger partial charge in [-0.25, -0.2) is 4.79 Å². The molecule has 17 heavy (non-hydrogen) atoms. The maximum Gasteiger partial charge on any atom is 0.346 e. The van der Waals surface area contributed by atoms with E-state index in [4.69, 9.17) is 15.1 Å². The first-order valence-corrected chi connectivity index (χ1v) is 5.00. The van der Waals surface area contributed by atoms with E-state index < -0.39 is 12.1 Å². The van der Waals surface area contributed by atoms with Crippen LogP contribution in [0.2, 0.25) is 0 Å². The second kappa shape index (κ2) is 4.54. The van der Waals surface area contributed by atoms with Gasteiger partial charge in [-0.15, -0.1) is 0 Å². The molecule has 1 atom stereocenters. The molecular formula is C13H9NO3. The second-order valence-electron chi connectivity index (χ2n) is 3.48. The molecule has 0 radical (unpaired) electrons. The highest BCUT2D eigenvalue weighted by atomic mass is 16.5. The highest BCUT2D eigenvalue weighted by molar-refractivity contribution is 5.91. The van der Waals surface area contributed by atoms with Gasteiger partial charge < -0.3 is 9.84 Å². The molecule has 0 amide bonds. The van der Waals surface area contributed by atoms with Gasteiger partial charge in [0.15, 0.2) is 0 Å². The number of aliphatic carboxylic acids is 1. The number of carbonyl (C=O) groups is 1. The maximum atomic E-state index is 10.7. The first-order chi connectivity index (χ1) is 8.20. The summed E-state index contributed by atoms with van der Waals surface area (Å²) >= 11 is 0. The summed E-state index contributed by atoms with van der Waals surface area (Å²) in [7, 11) is 0. The van der Waals surface area contributed by atoms with Crippen LogP contribution in [-0.2, 0) is 4.79 Å². The zero-order valence-electron chi connectivity index (χ0n) is 8.83. The third-order valence-corrected chi connectivity index (χ3v) is 2.33. The summed E-state index contributed by atoms with van der Waals surface area (Å²) in [6.07, 6.45) is 4.32. The molecule has 1 aromatic rings. The Hall–Kier alpha value is -2.54. The van der Waals surface area contributed by atoms with Gasteiger partial charge in [0.1, 0.15) is 23.5 Å². The lowest BCUT2D eigenvalue weighted by Crippen LogP contribution is -2.16. The van der Waals surface area contributed by atoms with Gasteiger partial charge in [0.2, 0.25) is 0 Å². The second-order valence-corrected chi connectivity index (χ2v) is 3.48. The molecule has 0 aliphatic carbocycles. The summed E-state index contributed by atoms with van der Waals surface area (Å²) in [4.78, 5) is 10.7. The van der Waals surface area contributed by atoms with E-state index in [1.807, 2.05) is 24.3 Å². The molecule has 1 N–H and O–H groups in total. The fourth-order valence-corrected chi connectivity index (χ4v) is 1.52. The molecule has 4 nitrogen and oxygen atoms in total. The number of hydrogen-bond donors (Lipinski definition) is 1. The Bertz CT molecular complexity index is 552. The van der Waals surface area contributed by atoms with Crippen LogP contribution in [0.25, 0.3) is 6.08 Å². The Morgan fingerprint density at radius 2 is 2.24 bits per heavy atom. The molecule has 1 aromatic carbocycles. The Balaban J connectivity index is 2.25. The van der Waals surface area contributed by atoms with Crippen LogP contribution < -0.4 is 4.74 Å². The lowest BCUT2D eigenvalue weighted by Gasteiger charge is -2.18. The Kier molecular flexibility index (Phi) is 2.93. The van der Waals surface area contributed by atoms with Crippen molar-refractivity contribution in [3.63, 3.8) is 0 Å². The topological polar surface area (TPSA) is 70.3 Å². The number of carboxylic acids is 1. The van der Waals surface area contributed by atoms with Gasteiger partial charge in [0.25, 0.3) is 0 Å². The van der Waals surface area contributed by atoms with Crippen molar-refractivity contribution in [2.75, 3.05) is 0 Å². The molecule has 1 aliphatic heterocycles. The minimum absolute atomic E-state index is 0.320. The molecule has 0 aromatic heterocycles. The van der Waals surface area contributed by atoms with Crippen LogP contribution in [0.3, 0.4) is 0 Å². The van der Waals surface area contributed by atoms with E-state index >= 15 is 0 Å². The zero-order valence-corrected chi connectivity index (χ0v) is 8.83. The van der Waals surface area contributed by atoms with E-state index in [-0.39, 0.29) is 5.57 Å². The molecule has 0 bridgehead atoms. The molecule has 0 saturated heterocycles. The fourth-order valence-electron chi connectivity index (χ4n) is 1.52. The number of hydrogen-bond acceptors (Lipinski definition) is 3. The lowest BCUT2D eigenvalue weighted by atomic mass is 10.1. The summed E-state index contributed by atoms with van der Waals surface area (Å²) in [6.45, 7) is 0. The first-order valence-electron chi connectivity index (χ1n) is 5.00. The first kappa shape index (κ1) is 11.0. The van der Waals surface area contributed by atoms with E-state index in [0.29, 0.717) is 5.75 Å². The van der Waals surface area contributed by atoms with Gasteiger partial charge in [-0.3, -0.25) is 0 Å². The third kappa shape index (κ3) is 2.34. The summed E-state index contributed by atoms with van der Waals surface area (Å²) in [6, 6.07) is 9.04. The normalized spacial score (nSPS) is 17.8. The average Bonchev–Trinajstić information content (AvgIpc) is 2.35. The number of benzene rings is 1. The predicted molar refractivity (Wildman–Crippen MR) is 61.2 cm³/mol. The third-order valence-electron chi connectivity index (χ3n) is 2.33. The van der Waals surface area contributed by atoms with Gasteiger partial charge >= 0.3 is 5.97 Å². The Labute approximate surface area is 98.1 Å². The molecule has 0 spiro atoms. The summed E-state index contributed by atoms with van der Waals surface area (Å²) in [5.74, 6) is -0.567. The van der Waals surface area contributed by atoms with Crippen LogP contribution >= 0.6 is 0 Å². The van der Waals surface area contributed by atoms with Crippen LogP contribution in [0, 0.1) is 11.3 Å². The van der Waals surface area contributed by atoms with E-state index in [2.05, 4.69) is 0 Å². The van der Waals surface area contributed by atoms with Gasteiger partial charge in [-0.05, 0) is 18.2 Å². The van der Waals surface area contributed by atoms with Crippen molar-refractivity contribution in [3.8, 4) is 11.8 Å². The number of rotatable bonds is 2. The van der Waals surface area contributed by atoms with E-state index in [1.165, 1.54) is 6.08 Å². The van der Waals surface area contributed by atoms with Crippen molar-refractivity contribution >= 4 is 12.0 Å². The molecule has 1 unspecified atom stereocenters. The number of para-hydroxylation sites is 1. The molecule has 4 heteroatoms. The molecule has 0 saturated carbocycles. The summed E-state index contributed by atoms with van der Waals surface area (Å²) in [5.41, 5.74) is 0.616. The number of fused-ring (bicyclic) bond motifs is 1. The predicted octanol–water partition coefficient (Wildman–Crippen LogP) is 2.00. The zero-order chi connectivity index (χ0) is 12.3. The number of nitrogens with zero attached hydrogens (tertiary/aromatic N) is 1. The smallest absolute Gasteiger partial charge is 0.346 e. The molecule has 0 fully saturated rings. The number of nitriles is 1. The fraction of sp³-hybridized carbons (Fsp3) is 0.0769.